The standard InChI is InChI=1S/C22H22N4O4S/c27-26(28)22-15-20(31(29,30)24-18-9-5-2-6-10-18)11-12-21(22)25-14-13-19(16-25)23-17-7-3-1-4-8-17/h1-12,15,19,23-24H,13-14,16H2. The molecule has 0 bridgehead atoms. The number of nitro benzene ring substituents is 1. The van der Waals surface area contributed by atoms with Gasteiger partial charge >= 0.3 is 0 Å². The monoisotopic (exact) mass is 438 g/mol. The summed E-state index contributed by atoms with van der Waals surface area (Å²) in [6.45, 7) is 1.23. The van der Waals surface area contributed by atoms with E-state index in [4.69, 9.17) is 0 Å². The molecule has 3 aromatic carbocycles. The van der Waals surface area contributed by atoms with Gasteiger partial charge in [-0.15, -0.1) is 0 Å². The molecule has 1 aliphatic heterocycles. The summed E-state index contributed by atoms with van der Waals surface area (Å²) in [5, 5.41) is 15.2. The van der Waals surface area contributed by atoms with Crippen LogP contribution in [0.3, 0.4) is 0 Å². The molecule has 1 heterocycles. The lowest BCUT2D eigenvalue weighted by Gasteiger charge is -2.20. The highest BCUT2D eigenvalue weighted by Crippen LogP contribution is 2.34. The molecule has 1 aliphatic rings. The van der Waals surface area contributed by atoms with Crippen LogP contribution < -0.4 is 14.9 Å². The predicted octanol–water partition coefficient (Wildman–Crippen LogP) is 4.09. The summed E-state index contributed by atoms with van der Waals surface area (Å²) in [5.41, 5.74) is 1.58. The minimum absolute atomic E-state index is 0.144. The van der Waals surface area contributed by atoms with Crippen molar-refractivity contribution in [2.24, 2.45) is 0 Å². The Kier molecular flexibility index (Phi) is 5.77. The number of rotatable bonds is 7. The first-order valence-corrected chi connectivity index (χ1v) is 11.3. The van der Waals surface area contributed by atoms with Crippen molar-refractivity contribution in [2.75, 3.05) is 28.0 Å². The molecule has 8 nitrogen and oxygen atoms in total. The van der Waals surface area contributed by atoms with Gasteiger partial charge < -0.3 is 10.2 Å². The smallest absolute Gasteiger partial charge is 0.293 e. The second-order valence-electron chi connectivity index (χ2n) is 7.32. The van der Waals surface area contributed by atoms with Crippen molar-refractivity contribution in [3.8, 4) is 0 Å². The number of anilines is 3. The fourth-order valence-electron chi connectivity index (χ4n) is 3.67. The van der Waals surface area contributed by atoms with E-state index >= 15 is 0 Å². The molecule has 31 heavy (non-hydrogen) atoms. The maximum atomic E-state index is 12.7. The summed E-state index contributed by atoms with van der Waals surface area (Å²) in [7, 11) is -3.95. The molecular formula is C22H22N4O4S. The highest BCUT2D eigenvalue weighted by Gasteiger charge is 2.29. The lowest BCUT2D eigenvalue weighted by atomic mass is 10.2. The number of hydrogen-bond acceptors (Lipinski definition) is 6. The summed E-state index contributed by atoms with van der Waals surface area (Å²) < 4.78 is 27.9. The Morgan fingerprint density at radius 1 is 0.935 bits per heavy atom. The fraction of sp³-hybridized carbons (Fsp3) is 0.182. The van der Waals surface area contributed by atoms with Crippen LogP contribution in [0.1, 0.15) is 6.42 Å². The lowest BCUT2D eigenvalue weighted by molar-refractivity contribution is -0.384. The van der Waals surface area contributed by atoms with Crippen LogP contribution >= 0.6 is 0 Å². The molecule has 0 aliphatic carbocycles. The molecule has 2 N–H and O–H groups in total. The summed E-state index contributed by atoms with van der Waals surface area (Å²) in [4.78, 5) is 13.0. The Morgan fingerprint density at radius 2 is 1.58 bits per heavy atom. The number of benzene rings is 3. The topological polar surface area (TPSA) is 105 Å². The molecule has 0 saturated carbocycles. The Balaban J connectivity index is 1.55. The Bertz CT molecular complexity index is 1170. The van der Waals surface area contributed by atoms with Crippen LogP contribution in [-0.4, -0.2) is 32.5 Å². The molecule has 0 radical (unpaired) electrons. The lowest BCUT2D eigenvalue weighted by Crippen LogP contribution is -2.26. The third-order valence-electron chi connectivity index (χ3n) is 5.15. The van der Waals surface area contributed by atoms with Gasteiger partial charge in [0.15, 0.2) is 0 Å². The zero-order chi connectivity index (χ0) is 21.8. The van der Waals surface area contributed by atoms with Crippen LogP contribution in [0, 0.1) is 10.1 Å². The number of nitrogens with one attached hydrogen (secondary N) is 2. The molecule has 160 valence electrons. The van der Waals surface area contributed by atoms with E-state index in [0.717, 1.165) is 18.2 Å². The van der Waals surface area contributed by atoms with Crippen LogP contribution in [0.2, 0.25) is 0 Å². The van der Waals surface area contributed by atoms with Crippen molar-refractivity contribution in [2.45, 2.75) is 17.4 Å². The average Bonchev–Trinajstić information content (AvgIpc) is 3.22. The predicted molar refractivity (Wildman–Crippen MR) is 121 cm³/mol. The largest absolute Gasteiger partial charge is 0.380 e. The van der Waals surface area contributed by atoms with E-state index in [1.807, 2.05) is 35.2 Å². The molecule has 9 heteroatoms. The minimum atomic E-state index is -3.95. The summed E-state index contributed by atoms with van der Waals surface area (Å²) in [6, 6.07) is 22.4. The highest BCUT2D eigenvalue weighted by molar-refractivity contribution is 7.92. The number of nitrogens with zero attached hydrogens (tertiary/aromatic N) is 2. The molecule has 0 amide bonds. The summed E-state index contributed by atoms with van der Waals surface area (Å²) >= 11 is 0. The van der Waals surface area contributed by atoms with Crippen LogP contribution in [-0.2, 0) is 10.0 Å². The van der Waals surface area contributed by atoms with Crippen molar-refractivity contribution in [1.29, 1.82) is 0 Å². The average molecular weight is 439 g/mol. The highest BCUT2D eigenvalue weighted by atomic mass is 32.2. The van der Waals surface area contributed by atoms with E-state index in [-0.39, 0.29) is 16.6 Å². The second-order valence-corrected chi connectivity index (χ2v) is 9.00. The van der Waals surface area contributed by atoms with Gasteiger partial charge in [0, 0.05) is 36.6 Å². The quantitative estimate of drug-likeness (QED) is 0.425. The van der Waals surface area contributed by atoms with Gasteiger partial charge in [-0.2, -0.15) is 0 Å². The number of sulfonamides is 1. The van der Waals surface area contributed by atoms with Gasteiger partial charge in [0.05, 0.1) is 9.82 Å². The summed E-state index contributed by atoms with van der Waals surface area (Å²) in [5.74, 6) is 0. The third kappa shape index (κ3) is 4.77. The van der Waals surface area contributed by atoms with Gasteiger partial charge in [-0.3, -0.25) is 14.8 Å². The zero-order valence-electron chi connectivity index (χ0n) is 16.6. The maximum Gasteiger partial charge on any atom is 0.293 e. The molecular weight excluding hydrogens is 416 g/mol. The maximum absolute atomic E-state index is 12.7. The normalized spacial score (nSPS) is 16.1. The number of para-hydroxylation sites is 2. The van der Waals surface area contributed by atoms with Crippen LogP contribution in [0.5, 0.6) is 0 Å². The first-order chi connectivity index (χ1) is 14.9. The van der Waals surface area contributed by atoms with E-state index in [1.54, 1.807) is 30.3 Å². The third-order valence-corrected chi connectivity index (χ3v) is 6.53. The van der Waals surface area contributed by atoms with Gasteiger partial charge in [0.2, 0.25) is 0 Å². The Labute approximate surface area is 180 Å². The SMILES string of the molecule is O=[N+]([O-])c1cc(S(=O)(=O)Nc2ccccc2)ccc1N1CCC(Nc2ccccc2)C1. The second kappa shape index (κ2) is 8.65. The van der Waals surface area contributed by atoms with E-state index < -0.39 is 14.9 Å². The van der Waals surface area contributed by atoms with Crippen molar-refractivity contribution in [1.82, 2.24) is 0 Å². The zero-order valence-corrected chi connectivity index (χ0v) is 17.5. The van der Waals surface area contributed by atoms with E-state index in [1.165, 1.54) is 12.1 Å². The molecule has 0 spiro atoms. The van der Waals surface area contributed by atoms with Gasteiger partial charge in [-0.25, -0.2) is 8.42 Å². The van der Waals surface area contributed by atoms with Crippen LogP contribution in [0.4, 0.5) is 22.7 Å². The van der Waals surface area contributed by atoms with Crippen molar-refractivity contribution < 1.29 is 13.3 Å². The Morgan fingerprint density at radius 3 is 2.23 bits per heavy atom. The Hall–Kier alpha value is -3.59. The first-order valence-electron chi connectivity index (χ1n) is 9.85. The van der Waals surface area contributed by atoms with Crippen molar-refractivity contribution in [3.63, 3.8) is 0 Å². The van der Waals surface area contributed by atoms with Gasteiger partial charge in [0.1, 0.15) is 5.69 Å². The molecule has 4 rings (SSSR count). The molecule has 1 atom stereocenters. The van der Waals surface area contributed by atoms with Gasteiger partial charge in [-0.1, -0.05) is 36.4 Å². The van der Waals surface area contributed by atoms with Crippen LogP contribution in [0.25, 0.3) is 0 Å². The number of nitro groups is 1. The molecule has 1 unspecified atom stereocenters. The van der Waals surface area contributed by atoms with E-state index in [2.05, 4.69) is 10.0 Å². The first kappa shape index (κ1) is 20.7. The molecule has 1 fully saturated rings. The van der Waals surface area contributed by atoms with Gasteiger partial charge in [0.25, 0.3) is 15.7 Å². The summed E-state index contributed by atoms with van der Waals surface area (Å²) in [6.07, 6.45) is 0.821. The fourth-order valence-corrected chi connectivity index (χ4v) is 4.75. The molecule has 3 aromatic rings. The van der Waals surface area contributed by atoms with E-state index in [0.29, 0.717) is 24.5 Å². The molecule has 1 saturated heterocycles. The number of hydrogen-bond donors (Lipinski definition) is 2. The molecule has 0 aromatic heterocycles. The van der Waals surface area contributed by atoms with Crippen molar-refractivity contribution in [3.05, 3.63) is 89.0 Å². The van der Waals surface area contributed by atoms with Crippen molar-refractivity contribution >= 4 is 32.8 Å². The minimum Gasteiger partial charge on any atom is -0.380 e. The van der Waals surface area contributed by atoms with Crippen LogP contribution in [0.15, 0.2) is 83.8 Å². The van der Waals surface area contributed by atoms with E-state index in [9.17, 15) is 18.5 Å². The van der Waals surface area contributed by atoms with Gasteiger partial charge in [-0.05, 0) is 42.8 Å².